The number of piperidine rings is 1. The molecule has 5 nitrogen and oxygen atoms in total. The lowest BCUT2D eigenvalue weighted by atomic mass is 10.0. The van der Waals surface area contributed by atoms with E-state index in [1.165, 1.54) is 12.1 Å². The molecule has 29 heavy (non-hydrogen) atoms. The number of nitrogens with zero attached hydrogens (tertiary/aromatic N) is 1. The Morgan fingerprint density at radius 1 is 1.00 bits per heavy atom. The maximum atomic E-state index is 13.6. The number of nitrogens with one attached hydrogen (secondary N) is 2. The van der Waals surface area contributed by atoms with Crippen molar-refractivity contribution in [1.82, 2.24) is 10.6 Å². The molecule has 3 rings (SSSR count). The van der Waals surface area contributed by atoms with E-state index in [1.807, 2.05) is 6.07 Å². The highest BCUT2D eigenvalue weighted by Gasteiger charge is 2.21. The Kier molecular flexibility index (Phi) is 6.74. The number of benzene rings is 2. The summed E-state index contributed by atoms with van der Waals surface area (Å²) in [6.07, 6.45) is 1.52. The SMILES string of the molecule is O=C(CCNC(=O)c1ccc(F)cc1F)NC1CCN(c2cccc(F)c2)CC1. The van der Waals surface area contributed by atoms with E-state index in [2.05, 4.69) is 15.5 Å². The maximum Gasteiger partial charge on any atom is 0.254 e. The fraction of sp³-hybridized carbons (Fsp3) is 0.333. The molecule has 2 aromatic carbocycles. The van der Waals surface area contributed by atoms with Gasteiger partial charge in [0.2, 0.25) is 5.91 Å². The van der Waals surface area contributed by atoms with Crippen molar-refractivity contribution in [3.05, 3.63) is 65.5 Å². The first-order valence-electron chi connectivity index (χ1n) is 9.45. The molecule has 1 saturated heterocycles. The molecule has 0 unspecified atom stereocenters. The van der Waals surface area contributed by atoms with Crippen molar-refractivity contribution in [3.63, 3.8) is 0 Å². The molecule has 1 aliphatic rings. The van der Waals surface area contributed by atoms with Crippen molar-refractivity contribution in [2.75, 3.05) is 24.5 Å². The molecule has 0 saturated carbocycles. The second-order valence-corrected chi connectivity index (χ2v) is 6.94. The van der Waals surface area contributed by atoms with Crippen LogP contribution in [0.1, 0.15) is 29.6 Å². The van der Waals surface area contributed by atoms with Gasteiger partial charge < -0.3 is 15.5 Å². The lowest BCUT2D eigenvalue weighted by Gasteiger charge is -2.34. The molecule has 8 heteroatoms. The zero-order valence-corrected chi connectivity index (χ0v) is 15.8. The number of carbonyl (C=O) groups excluding carboxylic acids is 2. The van der Waals surface area contributed by atoms with Crippen molar-refractivity contribution in [3.8, 4) is 0 Å². The predicted octanol–water partition coefficient (Wildman–Crippen LogP) is 3.01. The highest BCUT2D eigenvalue weighted by atomic mass is 19.1. The average molecular weight is 405 g/mol. The topological polar surface area (TPSA) is 61.4 Å². The normalized spacial score (nSPS) is 14.5. The third-order valence-corrected chi connectivity index (χ3v) is 4.85. The van der Waals surface area contributed by atoms with Crippen LogP contribution in [0.25, 0.3) is 0 Å². The Hall–Kier alpha value is -3.03. The number of halogens is 3. The summed E-state index contributed by atoms with van der Waals surface area (Å²) in [6, 6.07) is 9.13. The number of rotatable bonds is 6. The Labute approximate surface area is 166 Å². The Morgan fingerprint density at radius 2 is 1.72 bits per heavy atom. The van der Waals surface area contributed by atoms with E-state index in [-0.39, 0.29) is 36.3 Å². The molecule has 0 bridgehead atoms. The van der Waals surface area contributed by atoms with Crippen LogP contribution in [0.5, 0.6) is 0 Å². The first kappa shape index (κ1) is 20.7. The first-order valence-corrected chi connectivity index (χ1v) is 9.45. The monoisotopic (exact) mass is 405 g/mol. The maximum absolute atomic E-state index is 13.6. The quantitative estimate of drug-likeness (QED) is 0.777. The molecule has 2 N–H and O–H groups in total. The third-order valence-electron chi connectivity index (χ3n) is 4.85. The van der Waals surface area contributed by atoms with E-state index in [0.717, 1.165) is 30.7 Å². The van der Waals surface area contributed by atoms with E-state index in [0.29, 0.717) is 19.2 Å². The Bertz CT molecular complexity index is 883. The molecule has 1 heterocycles. The van der Waals surface area contributed by atoms with Gasteiger partial charge in [-0.15, -0.1) is 0 Å². The minimum Gasteiger partial charge on any atom is -0.371 e. The van der Waals surface area contributed by atoms with Gasteiger partial charge in [0.1, 0.15) is 17.5 Å². The van der Waals surface area contributed by atoms with Crippen LogP contribution in [-0.4, -0.2) is 37.5 Å². The zero-order valence-electron chi connectivity index (χ0n) is 15.8. The van der Waals surface area contributed by atoms with Crippen LogP contribution in [0.4, 0.5) is 18.9 Å². The predicted molar refractivity (Wildman–Crippen MR) is 103 cm³/mol. The molecule has 154 valence electrons. The molecule has 0 atom stereocenters. The highest BCUT2D eigenvalue weighted by Crippen LogP contribution is 2.20. The fourth-order valence-corrected chi connectivity index (χ4v) is 3.31. The Morgan fingerprint density at radius 3 is 2.41 bits per heavy atom. The summed E-state index contributed by atoms with van der Waals surface area (Å²) in [4.78, 5) is 26.1. The van der Waals surface area contributed by atoms with E-state index in [1.54, 1.807) is 6.07 Å². The number of carbonyl (C=O) groups is 2. The molecule has 1 fully saturated rings. The van der Waals surface area contributed by atoms with Gasteiger partial charge in [-0.3, -0.25) is 9.59 Å². The second-order valence-electron chi connectivity index (χ2n) is 6.94. The van der Waals surface area contributed by atoms with Crippen molar-refractivity contribution in [1.29, 1.82) is 0 Å². The van der Waals surface area contributed by atoms with Crippen molar-refractivity contribution in [2.24, 2.45) is 0 Å². The van der Waals surface area contributed by atoms with Gasteiger partial charge in [0, 0.05) is 43.9 Å². The van der Waals surface area contributed by atoms with E-state index in [9.17, 15) is 22.8 Å². The van der Waals surface area contributed by atoms with Gasteiger partial charge in [0.15, 0.2) is 0 Å². The Balaban J connectivity index is 1.38. The number of hydrogen-bond acceptors (Lipinski definition) is 3. The van der Waals surface area contributed by atoms with Gasteiger partial charge in [-0.25, -0.2) is 13.2 Å². The second kappa shape index (κ2) is 9.45. The number of anilines is 1. The molecular formula is C21H22F3N3O2. The molecule has 1 aliphatic heterocycles. The van der Waals surface area contributed by atoms with Crippen LogP contribution < -0.4 is 15.5 Å². The van der Waals surface area contributed by atoms with Crippen molar-refractivity contribution < 1.29 is 22.8 Å². The molecule has 0 aromatic heterocycles. The molecular weight excluding hydrogens is 383 g/mol. The summed E-state index contributed by atoms with van der Waals surface area (Å²) in [5, 5.41) is 5.38. The largest absolute Gasteiger partial charge is 0.371 e. The summed E-state index contributed by atoms with van der Waals surface area (Å²) < 4.78 is 39.8. The average Bonchev–Trinajstić information content (AvgIpc) is 2.68. The molecule has 2 amide bonds. The molecule has 0 spiro atoms. The van der Waals surface area contributed by atoms with Crippen LogP contribution in [0.2, 0.25) is 0 Å². The van der Waals surface area contributed by atoms with E-state index in [4.69, 9.17) is 0 Å². The smallest absolute Gasteiger partial charge is 0.254 e. The number of hydrogen-bond donors (Lipinski definition) is 2. The van der Waals surface area contributed by atoms with Crippen molar-refractivity contribution >= 4 is 17.5 Å². The lowest BCUT2D eigenvalue weighted by Crippen LogP contribution is -2.45. The van der Waals surface area contributed by atoms with Crippen LogP contribution in [0.15, 0.2) is 42.5 Å². The van der Waals surface area contributed by atoms with E-state index < -0.39 is 17.5 Å². The van der Waals surface area contributed by atoms with Gasteiger partial charge in [-0.05, 0) is 43.2 Å². The van der Waals surface area contributed by atoms with Gasteiger partial charge in [-0.2, -0.15) is 0 Å². The minimum atomic E-state index is -0.947. The summed E-state index contributed by atoms with van der Waals surface area (Å²) in [5.41, 5.74) is 0.557. The molecule has 0 aliphatic carbocycles. The standard InChI is InChI=1S/C21H22F3N3O2/c22-14-2-1-3-17(12-14)27-10-7-16(8-11-27)26-20(28)6-9-25-21(29)18-5-4-15(23)13-19(18)24/h1-5,12-13,16H,6-11H2,(H,25,29)(H,26,28). The highest BCUT2D eigenvalue weighted by molar-refractivity contribution is 5.94. The first-order chi connectivity index (χ1) is 13.9. The summed E-state index contributed by atoms with van der Waals surface area (Å²) in [7, 11) is 0. The van der Waals surface area contributed by atoms with Crippen LogP contribution in [0.3, 0.4) is 0 Å². The van der Waals surface area contributed by atoms with Crippen molar-refractivity contribution in [2.45, 2.75) is 25.3 Å². The van der Waals surface area contributed by atoms with Crippen LogP contribution >= 0.6 is 0 Å². The lowest BCUT2D eigenvalue weighted by molar-refractivity contribution is -0.121. The minimum absolute atomic E-state index is 0.0116. The zero-order chi connectivity index (χ0) is 20.8. The molecule has 0 radical (unpaired) electrons. The van der Waals surface area contributed by atoms with E-state index >= 15 is 0 Å². The molecule has 2 aromatic rings. The fourth-order valence-electron chi connectivity index (χ4n) is 3.31. The van der Waals surface area contributed by atoms with Gasteiger partial charge in [-0.1, -0.05) is 6.07 Å². The summed E-state index contributed by atoms with van der Waals surface area (Å²) >= 11 is 0. The van der Waals surface area contributed by atoms with Gasteiger partial charge >= 0.3 is 0 Å². The summed E-state index contributed by atoms with van der Waals surface area (Å²) in [5.74, 6) is -2.90. The summed E-state index contributed by atoms with van der Waals surface area (Å²) in [6.45, 7) is 1.45. The number of amides is 2. The van der Waals surface area contributed by atoms with Crippen LogP contribution in [0, 0.1) is 17.5 Å². The van der Waals surface area contributed by atoms with Gasteiger partial charge in [0.05, 0.1) is 5.56 Å². The van der Waals surface area contributed by atoms with Crippen LogP contribution in [-0.2, 0) is 4.79 Å². The van der Waals surface area contributed by atoms with Gasteiger partial charge in [0.25, 0.3) is 5.91 Å². The third kappa shape index (κ3) is 5.73.